The zero-order chi connectivity index (χ0) is 16.8. The lowest BCUT2D eigenvalue weighted by molar-refractivity contribution is 0.240. The van der Waals surface area contributed by atoms with Crippen LogP contribution in [0.3, 0.4) is 0 Å². The number of pyridine rings is 1. The highest BCUT2D eigenvalue weighted by atomic mass is 32.1. The number of para-hydroxylation sites is 1. The standard InChI is InChI=1S/C18H20N4OS/c1-13-12-24-17(22-13)7-4-9-20-18(23)21-11-14-8-10-19-16-6-3-2-5-15(14)16/h2-3,5-6,8,10,12H,4,7,9,11H2,1H3,(H2,20,21,23). The predicted octanol–water partition coefficient (Wildman–Crippen LogP) is 3.43. The molecular weight excluding hydrogens is 320 g/mol. The minimum absolute atomic E-state index is 0.147. The first kappa shape index (κ1) is 16.4. The molecule has 0 saturated carbocycles. The van der Waals surface area contributed by atoms with E-state index in [9.17, 15) is 4.79 Å². The summed E-state index contributed by atoms with van der Waals surface area (Å²) in [7, 11) is 0. The van der Waals surface area contributed by atoms with Gasteiger partial charge in [0.2, 0.25) is 0 Å². The molecular formula is C18H20N4OS. The fraction of sp³-hybridized carbons (Fsp3) is 0.278. The van der Waals surface area contributed by atoms with Gasteiger partial charge in [-0.05, 0) is 31.0 Å². The van der Waals surface area contributed by atoms with Gasteiger partial charge in [0, 0.05) is 42.2 Å². The third-order valence-electron chi connectivity index (χ3n) is 3.70. The molecule has 0 bridgehead atoms. The van der Waals surface area contributed by atoms with E-state index in [0.717, 1.165) is 40.0 Å². The number of urea groups is 1. The summed E-state index contributed by atoms with van der Waals surface area (Å²) in [5.41, 5.74) is 3.07. The van der Waals surface area contributed by atoms with Crippen LogP contribution in [0.1, 0.15) is 22.7 Å². The Hall–Kier alpha value is -2.47. The molecule has 0 aliphatic heterocycles. The van der Waals surface area contributed by atoms with E-state index in [1.165, 1.54) is 0 Å². The number of benzene rings is 1. The molecule has 3 aromatic rings. The van der Waals surface area contributed by atoms with Crippen LogP contribution in [-0.2, 0) is 13.0 Å². The van der Waals surface area contributed by atoms with Crippen molar-refractivity contribution in [3.05, 3.63) is 58.2 Å². The van der Waals surface area contributed by atoms with E-state index in [0.29, 0.717) is 13.1 Å². The van der Waals surface area contributed by atoms with Crippen LogP contribution in [0, 0.1) is 6.92 Å². The SMILES string of the molecule is Cc1csc(CCCNC(=O)NCc2ccnc3ccccc23)n1. The Morgan fingerprint density at radius 1 is 1.21 bits per heavy atom. The van der Waals surface area contributed by atoms with Crippen molar-refractivity contribution in [2.75, 3.05) is 6.54 Å². The predicted molar refractivity (Wildman–Crippen MR) is 97.2 cm³/mol. The Labute approximate surface area is 145 Å². The number of hydrogen-bond acceptors (Lipinski definition) is 4. The van der Waals surface area contributed by atoms with Crippen molar-refractivity contribution in [1.82, 2.24) is 20.6 Å². The second kappa shape index (κ2) is 7.88. The number of thiazole rings is 1. The number of aryl methyl sites for hydroxylation is 2. The monoisotopic (exact) mass is 340 g/mol. The van der Waals surface area contributed by atoms with Crippen molar-refractivity contribution < 1.29 is 4.79 Å². The van der Waals surface area contributed by atoms with Gasteiger partial charge in [-0.1, -0.05) is 18.2 Å². The number of nitrogens with one attached hydrogen (secondary N) is 2. The lowest BCUT2D eigenvalue weighted by Gasteiger charge is -2.09. The van der Waals surface area contributed by atoms with Gasteiger partial charge in [0.15, 0.2) is 0 Å². The van der Waals surface area contributed by atoms with Gasteiger partial charge in [0.05, 0.1) is 10.5 Å². The first-order chi connectivity index (χ1) is 11.7. The first-order valence-corrected chi connectivity index (χ1v) is 8.85. The topological polar surface area (TPSA) is 66.9 Å². The summed E-state index contributed by atoms with van der Waals surface area (Å²) >= 11 is 1.67. The Morgan fingerprint density at radius 3 is 2.92 bits per heavy atom. The molecule has 0 aliphatic rings. The number of carbonyl (C=O) groups excluding carboxylic acids is 1. The van der Waals surface area contributed by atoms with E-state index >= 15 is 0 Å². The van der Waals surface area contributed by atoms with Gasteiger partial charge in [-0.15, -0.1) is 11.3 Å². The van der Waals surface area contributed by atoms with E-state index in [-0.39, 0.29) is 6.03 Å². The number of aromatic nitrogens is 2. The Morgan fingerprint density at radius 2 is 2.08 bits per heavy atom. The van der Waals surface area contributed by atoms with Crippen molar-refractivity contribution in [3.8, 4) is 0 Å². The highest BCUT2D eigenvalue weighted by Crippen LogP contribution is 2.15. The van der Waals surface area contributed by atoms with Crippen molar-refractivity contribution in [3.63, 3.8) is 0 Å². The molecule has 6 heteroatoms. The average molecular weight is 340 g/mol. The third-order valence-corrected chi connectivity index (χ3v) is 4.72. The number of nitrogens with zero attached hydrogens (tertiary/aromatic N) is 2. The first-order valence-electron chi connectivity index (χ1n) is 7.98. The van der Waals surface area contributed by atoms with Gasteiger partial charge in [0.1, 0.15) is 0 Å². The average Bonchev–Trinajstić information content (AvgIpc) is 3.02. The normalized spacial score (nSPS) is 10.7. The van der Waals surface area contributed by atoms with Gasteiger partial charge >= 0.3 is 6.03 Å². The van der Waals surface area contributed by atoms with Crippen LogP contribution in [0.5, 0.6) is 0 Å². The van der Waals surface area contributed by atoms with Crippen molar-refractivity contribution in [2.24, 2.45) is 0 Å². The molecule has 2 amide bonds. The maximum Gasteiger partial charge on any atom is 0.315 e. The Kier molecular flexibility index (Phi) is 5.38. The summed E-state index contributed by atoms with van der Waals surface area (Å²) in [4.78, 5) is 20.7. The summed E-state index contributed by atoms with van der Waals surface area (Å²) in [6, 6.07) is 9.73. The highest BCUT2D eigenvalue weighted by Gasteiger charge is 2.04. The summed E-state index contributed by atoms with van der Waals surface area (Å²) in [6.45, 7) is 3.12. The van der Waals surface area contributed by atoms with E-state index in [4.69, 9.17) is 0 Å². The number of rotatable bonds is 6. The summed E-state index contributed by atoms with van der Waals surface area (Å²) in [5.74, 6) is 0. The van der Waals surface area contributed by atoms with Crippen LogP contribution in [0.25, 0.3) is 10.9 Å². The molecule has 0 spiro atoms. The van der Waals surface area contributed by atoms with Crippen molar-refractivity contribution >= 4 is 28.3 Å². The van der Waals surface area contributed by atoms with Gasteiger partial charge in [-0.3, -0.25) is 4.98 Å². The minimum Gasteiger partial charge on any atom is -0.338 e. The summed E-state index contributed by atoms with van der Waals surface area (Å²) < 4.78 is 0. The van der Waals surface area contributed by atoms with Crippen molar-refractivity contribution in [2.45, 2.75) is 26.3 Å². The van der Waals surface area contributed by atoms with Gasteiger partial charge in [0.25, 0.3) is 0 Å². The van der Waals surface area contributed by atoms with E-state index < -0.39 is 0 Å². The molecule has 1 aromatic carbocycles. The van der Waals surface area contributed by atoms with Crippen LogP contribution in [-0.4, -0.2) is 22.5 Å². The molecule has 2 heterocycles. The van der Waals surface area contributed by atoms with Crippen LogP contribution < -0.4 is 10.6 Å². The van der Waals surface area contributed by atoms with E-state index in [2.05, 4.69) is 26.0 Å². The lowest BCUT2D eigenvalue weighted by Crippen LogP contribution is -2.35. The second-order valence-corrected chi connectivity index (χ2v) is 6.53. The Bertz CT molecular complexity index is 825. The Balaban J connectivity index is 1.43. The molecule has 0 aliphatic carbocycles. The van der Waals surface area contributed by atoms with Crippen LogP contribution in [0.2, 0.25) is 0 Å². The molecule has 0 radical (unpaired) electrons. The number of fused-ring (bicyclic) bond motifs is 1. The second-order valence-electron chi connectivity index (χ2n) is 5.58. The fourth-order valence-corrected chi connectivity index (χ4v) is 3.32. The fourth-order valence-electron chi connectivity index (χ4n) is 2.51. The maximum atomic E-state index is 11.9. The number of amides is 2. The lowest BCUT2D eigenvalue weighted by atomic mass is 10.1. The molecule has 3 rings (SSSR count). The molecule has 0 atom stereocenters. The number of hydrogen-bond donors (Lipinski definition) is 2. The van der Waals surface area contributed by atoms with E-state index in [1.807, 2.05) is 37.3 Å². The number of carbonyl (C=O) groups is 1. The van der Waals surface area contributed by atoms with Crippen LogP contribution in [0.15, 0.2) is 41.9 Å². The van der Waals surface area contributed by atoms with Crippen molar-refractivity contribution in [1.29, 1.82) is 0 Å². The van der Waals surface area contributed by atoms with Crippen LogP contribution >= 0.6 is 11.3 Å². The summed E-state index contributed by atoms with van der Waals surface area (Å²) in [6.07, 6.45) is 3.56. The van der Waals surface area contributed by atoms with Crippen LogP contribution in [0.4, 0.5) is 4.79 Å². The minimum atomic E-state index is -0.147. The molecule has 24 heavy (non-hydrogen) atoms. The molecule has 2 N–H and O–H groups in total. The molecule has 124 valence electrons. The van der Waals surface area contributed by atoms with Gasteiger partial charge in [-0.2, -0.15) is 0 Å². The third kappa shape index (κ3) is 4.29. The van der Waals surface area contributed by atoms with E-state index in [1.54, 1.807) is 17.5 Å². The zero-order valence-electron chi connectivity index (χ0n) is 13.6. The van der Waals surface area contributed by atoms with Gasteiger partial charge in [-0.25, -0.2) is 9.78 Å². The maximum absolute atomic E-state index is 11.9. The molecule has 0 fully saturated rings. The zero-order valence-corrected chi connectivity index (χ0v) is 14.4. The smallest absolute Gasteiger partial charge is 0.315 e. The van der Waals surface area contributed by atoms with Gasteiger partial charge < -0.3 is 10.6 Å². The quantitative estimate of drug-likeness (QED) is 0.676. The molecule has 5 nitrogen and oxygen atoms in total. The largest absolute Gasteiger partial charge is 0.338 e. The molecule has 0 unspecified atom stereocenters. The molecule has 0 saturated heterocycles. The molecule has 2 aromatic heterocycles. The summed E-state index contributed by atoms with van der Waals surface area (Å²) in [5, 5.41) is 10.0. The highest BCUT2D eigenvalue weighted by molar-refractivity contribution is 7.09.